The minimum atomic E-state index is -3.03. The molecule has 0 radical (unpaired) electrons. The third kappa shape index (κ3) is 18.2. The van der Waals surface area contributed by atoms with Gasteiger partial charge in [-0.3, -0.25) is 0 Å². The van der Waals surface area contributed by atoms with E-state index in [1.54, 1.807) is 13.8 Å². The van der Waals surface area contributed by atoms with Crippen LogP contribution in [0.15, 0.2) is 0 Å². The zero-order valence-corrected chi connectivity index (χ0v) is 57.7. The van der Waals surface area contributed by atoms with Crippen molar-refractivity contribution in [2.45, 2.75) is 299 Å². The van der Waals surface area contributed by atoms with E-state index in [-0.39, 0.29) is 0 Å². The second-order valence-corrected chi connectivity index (χ2v) is 28.3. The van der Waals surface area contributed by atoms with Crippen molar-refractivity contribution < 1.29 is 213 Å². The largest absolute Gasteiger partial charge is 0.477 e. The van der Waals surface area contributed by atoms with E-state index in [0.29, 0.717) is 0 Å². The third-order valence-corrected chi connectivity index (χ3v) is 21.3. The predicted octanol–water partition coefficient (Wildman–Crippen LogP) is -14.2. The van der Waals surface area contributed by atoms with Crippen molar-refractivity contribution in [3.8, 4) is 0 Å². The van der Waals surface area contributed by atoms with Crippen LogP contribution in [0.1, 0.15) is 47.5 Å². The van der Waals surface area contributed by atoms with Gasteiger partial charge in [-0.15, -0.1) is 0 Å². The molecule has 0 aliphatic carbocycles. The minimum absolute atomic E-state index is 0.496. The number of rotatable bonds is 28. The zero-order valence-electron chi connectivity index (χ0n) is 57.7. The molecule has 0 spiro atoms. The van der Waals surface area contributed by atoms with Gasteiger partial charge in [0.05, 0.1) is 102 Å². The van der Waals surface area contributed by atoms with Crippen LogP contribution in [0.25, 0.3) is 0 Å². The second kappa shape index (κ2) is 37.2. The Bertz CT molecular complexity index is 2650. The first-order valence-corrected chi connectivity index (χ1v) is 34.8. The van der Waals surface area contributed by atoms with Crippen LogP contribution < -0.4 is 0 Å². The van der Waals surface area contributed by atoms with E-state index < -0.39 is 353 Å². The van der Waals surface area contributed by atoms with Gasteiger partial charge in [-0.1, -0.05) is 27.7 Å². The molecule has 43 nitrogen and oxygen atoms in total. The van der Waals surface area contributed by atoms with E-state index in [0.717, 1.165) is 0 Å². The van der Waals surface area contributed by atoms with Gasteiger partial charge in [0.15, 0.2) is 44.0 Å². The Hall–Kier alpha value is -2.17. The van der Waals surface area contributed by atoms with Crippen molar-refractivity contribution >= 4 is 5.97 Å². The summed E-state index contributed by atoms with van der Waals surface area (Å²) < 4.78 is 102. The highest BCUT2D eigenvalue weighted by atomic mass is 16.8. The Morgan fingerprint density at radius 1 is 0.371 bits per heavy atom. The molecule has 25 N–H and O–H groups in total. The molecule has 9 aliphatic rings. The van der Waals surface area contributed by atoms with Crippen LogP contribution in [0.2, 0.25) is 0 Å². The molecular weight excluding hydrogens is 1430 g/mol. The summed E-state index contributed by atoms with van der Waals surface area (Å²) >= 11 is 0. The van der Waals surface area contributed by atoms with Gasteiger partial charge >= 0.3 is 5.97 Å². The first kappa shape index (κ1) is 86.8. The van der Waals surface area contributed by atoms with Crippen LogP contribution in [-0.2, 0) is 85.3 Å². The molecule has 9 rings (SSSR count). The maximum Gasteiger partial charge on any atom is 0.364 e. The molecule has 612 valence electrons. The molecule has 20 unspecified atom stereocenters. The number of hydrogen-bond donors (Lipinski definition) is 25. The highest BCUT2D eigenvalue weighted by Gasteiger charge is 2.61. The summed E-state index contributed by atoms with van der Waals surface area (Å²) in [7, 11) is 0. The predicted molar refractivity (Wildman–Crippen MR) is 329 cm³/mol. The first-order valence-electron chi connectivity index (χ1n) is 34.8. The molecule has 9 saturated heterocycles. The van der Waals surface area contributed by atoms with Gasteiger partial charge in [0.2, 0.25) is 0 Å². The number of aliphatic carboxylic acids is 1. The Balaban J connectivity index is 0.966. The standard InChI is InChI=1S/C62H106O43/c1-17-21(5)90-29(13-68)47(34(17)74)98-55-19(3)35(75)48(30(14-69)95-55)99-57-45(85)50(101-60-53(44(84)40(80)27(11-66)94-60)103-54-18(2)33(73)38(78)25(9-64)91-54)42(82)32(97-57)16-89-59-52(43(83)39(79)26(10-65)93-59)102-56-20(4)36(76)49(31(15-70)96-56)100-58-46(86)51(41(81)28(12-67)92-58)105-62(61(87)88)7-22(71)6-24(104-62)37(77)23(72)8-63/h17-60,63-86H,6-16H2,1-5H3,(H,87,88)/t17-,18+,19+,20?,21+,22+,23?,24?,25?,26?,27-,28?,29?,30?,31+,32?,33?,34?,35?,36?,37?,38-,39-,40-,41+,42-,43?,44?,45-,46?,47-,48-,49-,50?,51?,52-,53?,54+,55+,56+,57+,58+,59+,60-,62+/m1/s1. The molecule has 0 amide bonds. The van der Waals surface area contributed by atoms with E-state index in [1.165, 1.54) is 20.8 Å². The number of ether oxygens (including phenoxy) is 17. The highest BCUT2D eigenvalue weighted by molar-refractivity contribution is 5.76. The molecule has 9 heterocycles. The van der Waals surface area contributed by atoms with Crippen molar-refractivity contribution in [1.82, 2.24) is 0 Å². The molecule has 0 aromatic heterocycles. The van der Waals surface area contributed by atoms with Crippen LogP contribution in [0.4, 0.5) is 0 Å². The lowest BCUT2D eigenvalue weighted by molar-refractivity contribution is -0.400. The fourth-order valence-electron chi connectivity index (χ4n) is 14.4. The maximum absolute atomic E-state index is 12.9. The molecule has 0 aromatic carbocycles. The number of hydrogen-bond acceptors (Lipinski definition) is 42. The summed E-state index contributed by atoms with van der Waals surface area (Å²) in [6.45, 7) is -1.28. The number of carbonyl (C=O) groups is 1. The number of carboxylic acid groups (broad SMARTS) is 1. The van der Waals surface area contributed by atoms with Crippen molar-refractivity contribution in [2.24, 2.45) is 23.7 Å². The summed E-state index contributed by atoms with van der Waals surface area (Å²) in [5.41, 5.74) is 0. The molecule has 105 heavy (non-hydrogen) atoms. The van der Waals surface area contributed by atoms with Gasteiger partial charge in [-0.2, -0.15) is 0 Å². The fourth-order valence-corrected chi connectivity index (χ4v) is 14.4. The summed E-state index contributed by atoms with van der Waals surface area (Å²) in [5.74, 6) is -9.27. The van der Waals surface area contributed by atoms with Gasteiger partial charge < -0.3 is 208 Å². The minimum Gasteiger partial charge on any atom is -0.477 e. The molecule has 9 fully saturated rings. The smallest absolute Gasteiger partial charge is 0.364 e. The van der Waals surface area contributed by atoms with E-state index in [2.05, 4.69) is 0 Å². The average Bonchev–Trinajstić information content (AvgIpc) is 0.762. The average molecular weight is 1540 g/mol. The van der Waals surface area contributed by atoms with Crippen LogP contribution >= 0.6 is 0 Å². The van der Waals surface area contributed by atoms with Crippen molar-refractivity contribution in [3.05, 3.63) is 0 Å². The first-order chi connectivity index (χ1) is 49.7. The summed E-state index contributed by atoms with van der Waals surface area (Å²) in [6.07, 6.45) is -74.4. The van der Waals surface area contributed by atoms with Gasteiger partial charge in [-0.05, 0) is 6.92 Å². The fraction of sp³-hybridized carbons (Fsp3) is 0.984. The lowest BCUT2D eigenvalue weighted by Gasteiger charge is -2.51. The van der Waals surface area contributed by atoms with Crippen molar-refractivity contribution in [2.75, 3.05) is 59.5 Å². The molecule has 0 aromatic rings. The Morgan fingerprint density at radius 2 is 0.724 bits per heavy atom. The van der Waals surface area contributed by atoms with Crippen LogP contribution in [0.3, 0.4) is 0 Å². The monoisotopic (exact) mass is 1540 g/mol. The SMILES string of the molecule is CC1C(O)[C@H](O[C@@H]2OC(CO)[C@H](O)C(O[C@]3(C(=O)O)C[C@@H](O)CC(C(O)C(O)CO)O3)C2O)[C@H](CO)O[C@H]1O[C@@H]1C(O)[C@H](O)C(CO)O[C@@H]1OCC1O[C@@H](O[C@@H]2C(CO)O[C@@H](O[C@@H]3C(CO)O[C@@H](C)[C@@H](C)C3O)[C@@H](C)C2O)[C@H](O)C(O[C@H]2O[C@H](CO)[C@@H](O)C(O)C2O[C@@H]2OC(CO)[C@@H](O)C(O)[C@@H]2C)[C@@H]1O. The lowest BCUT2D eigenvalue weighted by atomic mass is 9.88. The molecule has 0 bridgehead atoms. The number of aliphatic hydroxyl groups is 24. The normalized spacial score (nSPS) is 51.6. The van der Waals surface area contributed by atoms with Crippen molar-refractivity contribution in [1.29, 1.82) is 0 Å². The Morgan fingerprint density at radius 3 is 1.20 bits per heavy atom. The Kier molecular flexibility index (Phi) is 30.8. The maximum atomic E-state index is 12.9. The second-order valence-electron chi connectivity index (χ2n) is 28.3. The third-order valence-electron chi connectivity index (χ3n) is 21.3. The Labute approximate surface area is 599 Å². The van der Waals surface area contributed by atoms with Crippen LogP contribution in [0, 0.1) is 23.7 Å². The molecule has 45 atom stereocenters. The highest BCUT2D eigenvalue weighted by Crippen LogP contribution is 2.43. The van der Waals surface area contributed by atoms with E-state index >= 15 is 0 Å². The van der Waals surface area contributed by atoms with Gasteiger partial charge in [0.1, 0.15) is 159 Å². The van der Waals surface area contributed by atoms with Crippen LogP contribution in [-0.4, -0.2) is 444 Å². The van der Waals surface area contributed by atoms with Crippen molar-refractivity contribution in [3.63, 3.8) is 0 Å². The number of carboxylic acids is 1. The van der Waals surface area contributed by atoms with Crippen LogP contribution in [0.5, 0.6) is 0 Å². The van der Waals surface area contributed by atoms with Gasteiger partial charge in [-0.25, -0.2) is 4.79 Å². The zero-order chi connectivity index (χ0) is 77.3. The summed E-state index contributed by atoms with van der Waals surface area (Å²) in [4.78, 5) is 12.9. The molecule has 9 aliphatic heterocycles. The van der Waals surface area contributed by atoms with Gasteiger partial charge in [0.25, 0.3) is 5.79 Å². The van der Waals surface area contributed by atoms with Gasteiger partial charge in [0, 0.05) is 36.5 Å². The molecule has 43 heteroatoms. The summed E-state index contributed by atoms with van der Waals surface area (Å²) in [6, 6.07) is 0. The van der Waals surface area contributed by atoms with E-state index in [4.69, 9.17) is 80.5 Å². The quantitative estimate of drug-likeness (QED) is 0.0346. The molecular formula is C62H106O43. The lowest BCUT2D eigenvalue weighted by Crippen LogP contribution is -2.68. The summed E-state index contributed by atoms with van der Waals surface area (Å²) in [5, 5.41) is 275. The topological polar surface area (TPSA) is 680 Å². The van der Waals surface area contributed by atoms with E-state index in [9.17, 15) is 132 Å². The van der Waals surface area contributed by atoms with E-state index in [1.807, 2.05) is 0 Å². The number of aliphatic hydroxyl groups excluding tert-OH is 24. The molecule has 0 saturated carbocycles.